The van der Waals surface area contributed by atoms with Crippen molar-refractivity contribution in [2.24, 2.45) is 5.73 Å². The average molecular weight is 266 g/mol. The van der Waals surface area contributed by atoms with Gasteiger partial charge in [0.05, 0.1) is 12.2 Å². The van der Waals surface area contributed by atoms with Crippen LogP contribution in [0.1, 0.15) is 25.2 Å². The van der Waals surface area contributed by atoms with E-state index in [-0.39, 0.29) is 5.60 Å². The van der Waals surface area contributed by atoms with Gasteiger partial charge in [-0.2, -0.15) is 0 Å². The lowest BCUT2D eigenvalue weighted by Gasteiger charge is -2.38. The second-order valence-electron chi connectivity index (χ2n) is 5.09. The van der Waals surface area contributed by atoms with Gasteiger partial charge in [0.15, 0.2) is 0 Å². The third-order valence-electron chi connectivity index (χ3n) is 2.80. The molecule has 0 amide bonds. The molecule has 0 aliphatic carbocycles. The number of aromatic nitrogens is 2. The normalized spacial score (nSPS) is 18.7. The number of hydrogen-bond acceptors (Lipinski definition) is 5. The molecule has 2 heterocycles. The molecule has 2 rings (SSSR count). The predicted octanol–water partition coefficient (Wildman–Crippen LogP) is 1.03. The molecule has 0 radical (unpaired) electrons. The van der Waals surface area contributed by atoms with Crippen molar-refractivity contribution in [2.75, 3.05) is 24.6 Å². The van der Waals surface area contributed by atoms with Crippen LogP contribution in [0.2, 0.25) is 0 Å². The first-order valence-corrected chi connectivity index (χ1v) is 6.33. The first-order chi connectivity index (χ1) is 8.37. The minimum Gasteiger partial charge on any atom is -0.388 e. The van der Waals surface area contributed by atoms with Gasteiger partial charge in [0.25, 0.3) is 0 Å². The Kier molecular flexibility index (Phi) is 3.49. The zero-order chi connectivity index (χ0) is 13.3. The Morgan fingerprint density at radius 3 is 2.83 bits per heavy atom. The maximum atomic E-state index is 5.68. The minimum absolute atomic E-state index is 0.186. The molecule has 0 atom stereocenters. The summed E-state index contributed by atoms with van der Waals surface area (Å²) in [5.41, 5.74) is 6.94. The lowest BCUT2D eigenvalue weighted by Crippen LogP contribution is -2.49. The van der Waals surface area contributed by atoms with E-state index in [1.807, 2.05) is 6.92 Å². The summed E-state index contributed by atoms with van der Waals surface area (Å²) in [7, 11) is 0. The fraction of sp³-hybridized carbons (Fsp3) is 0.583. The highest BCUT2D eigenvalue weighted by molar-refractivity contribution is 7.80. The number of hydrogen-bond donors (Lipinski definition) is 1. The van der Waals surface area contributed by atoms with Crippen molar-refractivity contribution in [3.63, 3.8) is 0 Å². The lowest BCUT2D eigenvalue weighted by molar-refractivity contribution is -0.0281. The minimum atomic E-state index is -0.186. The van der Waals surface area contributed by atoms with Gasteiger partial charge < -0.3 is 15.4 Å². The SMILES string of the molecule is Cc1cc(C(N)=S)nc(N2CCOC(C)(C)C2)n1. The van der Waals surface area contributed by atoms with E-state index in [1.54, 1.807) is 6.07 Å². The Balaban J connectivity index is 2.30. The van der Waals surface area contributed by atoms with Gasteiger partial charge in [-0.15, -0.1) is 0 Å². The van der Waals surface area contributed by atoms with E-state index in [1.165, 1.54) is 0 Å². The Hall–Kier alpha value is -1.27. The van der Waals surface area contributed by atoms with Crippen molar-refractivity contribution in [1.29, 1.82) is 0 Å². The summed E-state index contributed by atoms with van der Waals surface area (Å²) in [6.45, 7) is 8.25. The molecule has 1 aromatic rings. The number of anilines is 1. The summed E-state index contributed by atoms with van der Waals surface area (Å²) < 4.78 is 5.68. The molecule has 2 N–H and O–H groups in total. The van der Waals surface area contributed by atoms with Crippen LogP contribution in [0.5, 0.6) is 0 Å². The van der Waals surface area contributed by atoms with Gasteiger partial charge in [-0.25, -0.2) is 9.97 Å². The average Bonchev–Trinajstić information content (AvgIpc) is 2.26. The van der Waals surface area contributed by atoms with Crippen LogP contribution in [0, 0.1) is 6.92 Å². The zero-order valence-corrected chi connectivity index (χ0v) is 11.8. The smallest absolute Gasteiger partial charge is 0.226 e. The van der Waals surface area contributed by atoms with Gasteiger partial charge in [0.2, 0.25) is 5.95 Å². The quantitative estimate of drug-likeness (QED) is 0.807. The third kappa shape index (κ3) is 2.94. The van der Waals surface area contributed by atoms with Crippen molar-refractivity contribution < 1.29 is 4.74 Å². The molecule has 18 heavy (non-hydrogen) atoms. The summed E-state index contributed by atoms with van der Waals surface area (Å²) >= 11 is 4.97. The van der Waals surface area contributed by atoms with Crippen LogP contribution >= 0.6 is 12.2 Å². The first kappa shape index (κ1) is 13.2. The number of nitrogens with two attached hydrogens (primary N) is 1. The second kappa shape index (κ2) is 4.78. The van der Waals surface area contributed by atoms with Crippen LogP contribution in [-0.2, 0) is 4.74 Å². The summed E-state index contributed by atoms with van der Waals surface area (Å²) in [5, 5.41) is 0. The topological polar surface area (TPSA) is 64.3 Å². The van der Waals surface area contributed by atoms with E-state index in [4.69, 9.17) is 22.7 Å². The van der Waals surface area contributed by atoms with Crippen LogP contribution in [0.15, 0.2) is 6.07 Å². The molecule has 1 saturated heterocycles. The van der Waals surface area contributed by atoms with Gasteiger partial charge in [-0.05, 0) is 26.8 Å². The molecular weight excluding hydrogens is 248 g/mol. The molecule has 98 valence electrons. The number of aryl methyl sites for hydroxylation is 1. The molecule has 0 unspecified atom stereocenters. The monoisotopic (exact) mass is 266 g/mol. The fourth-order valence-corrected chi connectivity index (χ4v) is 2.11. The summed E-state index contributed by atoms with van der Waals surface area (Å²) in [6.07, 6.45) is 0. The highest BCUT2D eigenvalue weighted by Gasteiger charge is 2.28. The molecule has 0 spiro atoms. The van der Waals surface area contributed by atoms with Gasteiger partial charge >= 0.3 is 0 Å². The van der Waals surface area contributed by atoms with Crippen LogP contribution in [-0.4, -0.2) is 40.3 Å². The molecule has 1 aliphatic heterocycles. The van der Waals surface area contributed by atoms with E-state index in [0.29, 0.717) is 23.2 Å². The van der Waals surface area contributed by atoms with Crippen molar-refractivity contribution in [2.45, 2.75) is 26.4 Å². The summed E-state index contributed by atoms with van der Waals surface area (Å²) in [5.74, 6) is 0.675. The van der Waals surface area contributed by atoms with Crippen LogP contribution in [0.4, 0.5) is 5.95 Å². The standard InChI is InChI=1S/C12H18N4OS/c1-8-6-9(10(13)18)15-11(14-8)16-4-5-17-12(2,3)7-16/h6H,4-5,7H2,1-3H3,(H2,13,18). The third-order valence-corrected chi connectivity index (χ3v) is 3.01. The number of thiocarbonyl (C=S) groups is 1. The summed E-state index contributed by atoms with van der Waals surface area (Å²) in [6, 6.07) is 1.80. The van der Waals surface area contributed by atoms with E-state index in [0.717, 1.165) is 18.8 Å². The van der Waals surface area contributed by atoms with E-state index >= 15 is 0 Å². The number of rotatable bonds is 2. The maximum Gasteiger partial charge on any atom is 0.226 e. The summed E-state index contributed by atoms with van der Waals surface area (Å²) in [4.78, 5) is 11.3. The van der Waals surface area contributed by atoms with Gasteiger partial charge in [0.1, 0.15) is 10.7 Å². The zero-order valence-electron chi connectivity index (χ0n) is 10.9. The van der Waals surface area contributed by atoms with Crippen molar-refractivity contribution in [3.05, 3.63) is 17.5 Å². The van der Waals surface area contributed by atoms with Crippen LogP contribution < -0.4 is 10.6 Å². The van der Waals surface area contributed by atoms with Gasteiger partial charge in [-0.1, -0.05) is 12.2 Å². The highest BCUT2D eigenvalue weighted by atomic mass is 32.1. The lowest BCUT2D eigenvalue weighted by atomic mass is 10.1. The van der Waals surface area contributed by atoms with E-state index < -0.39 is 0 Å². The maximum absolute atomic E-state index is 5.68. The predicted molar refractivity (Wildman–Crippen MR) is 74.9 cm³/mol. The van der Waals surface area contributed by atoms with Gasteiger partial charge in [-0.3, -0.25) is 0 Å². The van der Waals surface area contributed by atoms with Crippen molar-refractivity contribution >= 4 is 23.2 Å². The van der Waals surface area contributed by atoms with Gasteiger partial charge in [0, 0.05) is 18.8 Å². The Morgan fingerprint density at radius 2 is 2.22 bits per heavy atom. The molecular formula is C12H18N4OS. The van der Waals surface area contributed by atoms with Crippen molar-refractivity contribution in [3.8, 4) is 0 Å². The molecule has 1 aromatic heterocycles. The first-order valence-electron chi connectivity index (χ1n) is 5.92. The van der Waals surface area contributed by atoms with Crippen LogP contribution in [0.25, 0.3) is 0 Å². The highest BCUT2D eigenvalue weighted by Crippen LogP contribution is 2.20. The van der Waals surface area contributed by atoms with E-state index in [9.17, 15) is 0 Å². The molecule has 0 saturated carbocycles. The van der Waals surface area contributed by atoms with E-state index in [2.05, 4.69) is 28.7 Å². The largest absolute Gasteiger partial charge is 0.388 e. The molecule has 6 heteroatoms. The Bertz CT molecular complexity index is 475. The van der Waals surface area contributed by atoms with Crippen molar-refractivity contribution in [1.82, 2.24) is 9.97 Å². The molecule has 0 bridgehead atoms. The molecule has 5 nitrogen and oxygen atoms in total. The molecule has 0 aromatic carbocycles. The number of morpholine rings is 1. The number of nitrogens with zero attached hydrogens (tertiary/aromatic N) is 3. The van der Waals surface area contributed by atoms with Crippen LogP contribution in [0.3, 0.4) is 0 Å². The Labute approximate surface area is 112 Å². The molecule has 1 aliphatic rings. The molecule has 1 fully saturated rings. The fourth-order valence-electron chi connectivity index (χ4n) is 2.01. The Morgan fingerprint density at radius 1 is 1.50 bits per heavy atom. The number of ether oxygens (including phenoxy) is 1. The second-order valence-corrected chi connectivity index (χ2v) is 5.53.